The molecule has 0 amide bonds. The molecule has 5 nitrogen and oxygen atoms in total. The normalized spacial score (nSPS) is 13.6. The van der Waals surface area contributed by atoms with Crippen LogP contribution < -0.4 is 15.2 Å². The Bertz CT molecular complexity index is 461. The predicted octanol–water partition coefficient (Wildman–Crippen LogP) is 2.22. The van der Waals surface area contributed by atoms with E-state index in [1.807, 2.05) is 13.0 Å². The highest BCUT2D eigenvalue weighted by molar-refractivity contribution is 5.79. The fraction of sp³-hybridized carbons (Fsp3) is 0.533. The number of aliphatic carboxylic acids is 1. The highest BCUT2D eigenvalue weighted by atomic mass is 16.5. The number of hydrogen-bond acceptors (Lipinski definition) is 4. The molecule has 1 rings (SSSR count). The van der Waals surface area contributed by atoms with Gasteiger partial charge in [0, 0.05) is 6.42 Å². The Kier molecular flexibility index (Phi) is 5.82. The van der Waals surface area contributed by atoms with Crippen molar-refractivity contribution in [3.05, 3.63) is 23.8 Å². The highest BCUT2D eigenvalue weighted by Gasteiger charge is 2.33. The van der Waals surface area contributed by atoms with Crippen molar-refractivity contribution in [3.8, 4) is 11.5 Å². The van der Waals surface area contributed by atoms with Crippen LogP contribution in [-0.2, 0) is 11.2 Å². The minimum Gasteiger partial charge on any atom is -0.493 e. The molecule has 0 saturated carbocycles. The van der Waals surface area contributed by atoms with Gasteiger partial charge in [-0.05, 0) is 24.1 Å². The first kappa shape index (κ1) is 16.3. The van der Waals surface area contributed by atoms with E-state index in [1.165, 1.54) is 0 Å². The number of benzene rings is 1. The maximum absolute atomic E-state index is 11.4. The monoisotopic (exact) mass is 281 g/mol. The summed E-state index contributed by atoms with van der Waals surface area (Å²) in [6, 6.07) is 5.35. The van der Waals surface area contributed by atoms with Crippen LogP contribution in [0.5, 0.6) is 11.5 Å². The molecule has 0 radical (unpaired) electrons. The molecule has 0 spiro atoms. The van der Waals surface area contributed by atoms with Gasteiger partial charge in [0.1, 0.15) is 5.54 Å². The summed E-state index contributed by atoms with van der Waals surface area (Å²) in [6.45, 7) is 2.01. The van der Waals surface area contributed by atoms with Gasteiger partial charge in [0.05, 0.1) is 14.2 Å². The van der Waals surface area contributed by atoms with E-state index in [0.29, 0.717) is 17.9 Å². The molecule has 0 heterocycles. The van der Waals surface area contributed by atoms with Gasteiger partial charge in [-0.15, -0.1) is 0 Å². The Morgan fingerprint density at radius 3 is 2.45 bits per heavy atom. The quantitative estimate of drug-likeness (QED) is 0.763. The fourth-order valence-electron chi connectivity index (χ4n) is 2.12. The van der Waals surface area contributed by atoms with Crippen molar-refractivity contribution in [3.63, 3.8) is 0 Å². The Balaban J connectivity index is 2.96. The zero-order valence-corrected chi connectivity index (χ0v) is 12.3. The first-order valence-corrected chi connectivity index (χ1v) is 6.70. The number of hydrogen-bond donors (Lipinski definition) is 2. The summed E-state index contributed by atoms with van der Waals surface area (Å²) in [5.74, 6) is 0.219. The molecule has 112 valence electrons. The van der Waals surface area contributed by atoms with E-state index >= 15 is 0 Å². The standard InChI is InChI=1S/C15H23NO4/c1-4-5-8-15(16,14(17)18)10-11-6-7-12(19-2)13(9-11)20-3/h6-7,9H,4-5,8,10,16H2,1-3H3,(H,17,18). The zero-order valence-electron chi connectivity index (χ0n) is 12.3. The molecule has 0 aliphatic carbocycles. The van der Waals surface area contributed by atoms with Gasteiger partial charge in [-0.2, -0.15) is 0 Å². The number of carbonyl (C=O) groups is 1. The van der Waals surface area contributed by atoms with Gasteiger partial charge in [0.25, 0.3) is 0 Å². The second kappa shape index (κ2) is 7.14. The third-order valence-electron chi connectivity index (χ3n) is 3.37. The number of nitrogens with two attached hydrogens (primary N) is 1. The van der Waals surface area contributed by atoms with Crippen LogP contribution in [0.25, 0.3) is 0 Å². The molecule has 0 aliphatic heterocycles. The predicted molar refractivity (Wildman–Crippen MR) is 77.3 cm³/mol. The molecule has 20 heavy (non-hydrogen) atoms. The number of ether oxygens (including phenoxy) is 2. The average molecular weight is 281 g/mol. The second-order valence-electron chi connectivity index (χ2n) is 4.93. The molecule has 1 aromatic carbocycles. The van der Waals surface area contributed by atoms with Crippen molar-refractivity contribution in [1.82, 2.24) is 0 Å². The van der Waals surface area contributed by atoms with Gasteiger partial charge >= 0.3 is 5.97 Å². The van der Waals surface area contributed by atoms with Gasteiger partial charge in [0.2, 0.25) is 0 Å². The Labute approximate surface area is 119 Å². The van der Waals surface area contributed by atoms with Gasteiger partial charge in [-0.1, -0.05) is 25.8 Å². The molecule has 0 saturated heterocycles. The van der Waals surface area contributed by atoms with Crippen LogP contribution in [0, 0.1) is 0 Å². The summed E-state index contributed by atoms with van der Waals surface area (Å²) < 4.78 is 10.4. The lowest BCUT2D eigenvalue weighted by atomic mass is 9.87. The summed E-state index contributed by atoms with van der Waals surface area (Å²) in [4.78, 5) is 11.4. The molecule has 0 fully saturated rings. The maximum atomic E-state index is 11.4. The molecule has 1 aromatic rings. The van der Waals surface area contributed by atoms with E-state index in [-0.39, 0.29) is 6.42 Å². The van der Waals surface area contributed by atoms with Crippen LogP contribution in [-0.4, -0.2) is 30.8 Å². The van der Waals surface area contributed by atoms with Gasteiger partial charge in [0.15, 0.2) is 11.5 Å². The van der Waals surface area contributed by atoms with Crippen molar-refractivity contribution in [1.29, 1.82) is 0 Å². The summed E-state index contributed by atoms with van der Waals surface area (Å²) >= 11 is 0. The lowest BCUT2D eigenvalue weighted by Gasteiger charge is -2.25. The molecular formula is C15H23NO4. The van der Waals surface area contributed by atoms with Crippen LogP contribution in [0.4, 0.5) is 0 Å². The van der Waals surface area contributed by atoms with Crippen LogP contribution >= 0.6 is 0 Å². The number of unbranched alkanes of at least 4 members (excludes halogenated alkanes) is 1. The van der Waals surface area contributed by atoms with Crippen LogP contribution in [0.3, 0.4) is 0 Å². The van der Waals surface area contributed by atoms with E-state index < -0.39 is 11.5 Å². The van der Waals surface area contributed by atoms with Crippen molar-refractivity contribution in [2.45, 2.75) is 38.1 Å². The number of carboxylic acid groups (broad SMARTS) is 1. The van der Waals surface area contributed by atoms with Crippen LogP contribution in [0.2, 0.25) is 0 Å². The molecular weight excluding hydrogens is 258 g/mol. The van der Waals surface area contributed by atoms with E-state index in [9.17, 15) is 9.90 Å². The van der Waals surface area contributed by atoms with Crippen molar-refractivity contribution in [2.24, 2.45) is 5.73 Å². The number of carboxylic acids is 1. The lowest BCUT2D eigenvalue weighted by molar-refractivity contribution is -0.143. The van der Waals surface area contributed by atoms with Gasteiger partial charge < -0.3 is 20.3 Å². The van der Waals surface area contributed by atoms with Crippen molar-refractivity contribution < 1.29 is 19.4 Å². The first-order valence-electron chi connectivity index (χ1n) is 6.70. The molecule has 1 atom stereocenters. The van der Waals surface area contributed by atoms with Gasteiger partial charge in [-0.3, -0.25) is 4.79 Å². The van der Waals surface area contributed by atoms with Crippen LogP contribution in [0.15, 0.2) is 18.2 Å². The topological polar surface area (TPSA) is 81.8 Å². The first-order chi connectivity index (χ1) is 9.46. The molecule has 1 unspecified atom stereocenters. The number of methoxy groups -OCH3 is 2. The number of rotatable bonds is 8. The molecule has 5 heteroatoms. The molecule has 0 bridgehead atoms. The smallest absolute Gasteiger partial charge is 0.324 e. The zero-order chi connectivity index (χ0) is 15.2. The summed E-state index contributed by atoms with van der Waals surface area (Å²) in [7, 11) is 3.11. The maximum Gasteiger partial charge on any atom is 0.324 e. The lowest BCUT2D eigenvalue weighted by Crippen LogP contribution is -2.49. The Morgan fingerprint density at radius 2 is 1.95 bits per heavy atom. The summed E-state index contributed by atoms with van der Waals surface area (Å²) in [6.07, 6.45) is 2.42. The minimum atomic E-state index is -1.24. The van der Waals surface area contributed by atoms with E-state index in [4.69, 9.17) is 15.2 Å². The van der Waals surface area contributed by atoms with E-state index in [0.717, 1.165) is 18.4 Å². The molecule has 3 N–H and O–H groups in total. The van der Waals surface area contributed by atoms with E-state index in [1.54, 1.807) is 26.4 Å². The minimum absolute atomic E-state index is 0.267. The largest absolute Gasteiger partial charge is 0.493 e. The van der Waals surface area contributed by atoms with Gasteiger partial charge in [-0.25, -0.2) is 0 Å². The highest BCUT2D eigenvalue weighted by Crippen LogP contribution is 2.29. The van der Waals surface area contributed by atoms with Crippen molar-refractivity contribution in [2.75, 3.05) is 14.2 Å². The SMILES string of the molecule is CCCCC(N)(Cc1ccc(OC)c(OC)c1)C(=O)O. The summed E-state index contributed by atoms with van der Waals surface area (Å²) in [5.41, 5.74) is 5.63. The third kappa shape index (κ3) is 3.87. The molecule has 0 aliphatic rings. The summed E-state index contributed by atoms with van der Waals surface area (Å²) in [5, 5.41) is 9.37. The average Bonchev–Trinajstić information content (AvgIpc) is 2.44. The fourth-order valence-corrected chi connectivity index (χ4v) is 2.12. The Hall–Kier alpha value is -1.75. The van der Waals surface area contributed by atoms with Crippen LogP contribution in [0.1, 0.15) is 31.7 Å². The molecule has 0 aromatic heterocycles. The van der Waals surface area contributed by atoms with E-state index in [2.05, 4.69) is 0 Å². The third-order valence-corrected chi connectivity index (χ3v) is 3.37. The second-order valence-corrected chi connectivity index (χ2v) is 4.93. The Morgan fingerprint density at radius 1 is 1.30 bits per heavy atom. The van der Waals surface area contributed by atoms with Crippen molar-refractivity contribution >= 4 is 5.97 Å².